The average Bonchev–Trinajstić information content (AvgIpc) is 2.72. The summed E-state index contributed by atoms with van der Waals surface area (Å²) >= 11 is 0. The van der Waals surface area contributed by atoms with Crippen molar-refractivity contribution in [1.82, 2.24) is 4.57 Å². The van der Waals surface area contributed by atoms with E-state index < -0.39 is 37.6 Å². The number of hydrogen-bond donors (Lipinski definition) is 0. The van der Waals surface area contributed by atoms with Crippen molar-refractivity contribution in [3.8, 4) is 0 Å². The van der Waals surface area contributed by atoms with Gasteiger partial charge in [0.05, 0.1) is 15.8 Å². The Morgan fingerprint density at radius 2 is 1.58 bits per heavy atom. The molecule has 1 aromatic heterocycles. The monoisotopic (exact) mass is 443 g/mol. The first-order valence-corrected chi connectivity index (χ1v) is 10.7. The van der Waals surface area contributed by atoms with Crippen LogP contribution in [0.15, 0.2) is 81.4 Å². The van der Waals surface area contributed by atoms with Crippen molar-refractivity contribution in [3.05, 3.63) is 106 Å². The van der Waals surface area contributed by atoms with Crippen molar-refractivity contribution >= 4 is 20.7 Å². The number of hydrogen-bond acceptors (Lipinski definition) is 3. The molecule has 0 atom stereocenters. The minimum absolute atomic E-state index is 0.00369. The maximum Gasteiger partial charge on any atom is 0.211 e. The fourth-order valence-electron chi connectivity index (χ4n) is 3.36. The summed E-state index contributed by atoms with van der Waals surface area (Å²) in [5, 5.41) is -0.288. The lowest BCUT2D eigenvalue weighted by Gasteiger charge is -2.15. The van der Waals surface area contributed by atoms with Crippen LogP contribution >= 0.6 is 0 Å². The van der Waals surface area contributed by atoms with Crippen LogP contribution in [0.25, 0.3) is 10.9 Å². The normalized spacial score (nSPS) is 11.7. The van der Waals surface area contributed by atoms with Crippen molar-refractivity contribution < 1.29 is 21.6 Å². The molecule has 0 fully saturated rings. The lowest BCUT2D eigenvalue weighted by molar-refractivity contribution is 0.510. The van der Waals surface area contributed by atoms with Gasteiger partial charge in [0.1, 0.15) is 10.7 Å². The Morgan fingerprint density at radius 3 is 2.26 bits per heavy atom. The number of sulfone groups is 1. The van der Waals surface area contributed by atoms with Crippen LogP contribution in [0.1, 0.15) is 11.1 Å². The maximum atomic E-state index is 13.9. The smallest absolute Gasteiger partial charge is 0.211 e. The molecule has 0 N–H and O–H groups in total. The average molecular weight is 443 g/mol. The van der Waals surface area contributed by atoms with Crippen molar-refractivity contribution in [2.75, 3.05) is 0 Å². The van der Waals surface area contributed by atoms with E-state index in [4.69, 9.17) is 0 Å². The number of aromatic nitrogens is 1. The Labute approximate surface area is 176 Å². The van der Waals surface area contributed by atoms with Gasteiger partial charge in [-0.15, -0.1) is 0 Å². The predicted molar refractivity (Wildman–Crippen MR) is 110 cm³/mol. The second-order valence-electron chi connectivity index (χ2n) is 7.18. The van der Waals surface area contributed by atoms with Crippen molar-refractivity contribution in [3.63, 3.8) is 0 Å². The zero-order chi connectivity index (χ0) is 22.3. The van der Waals surface area contributed by atoms with Crippen LogP contribution in [0.3, 0.4) is 0 Å². The van der Waals surface area contributed by atoms with E-state index in [-0.39, 0.29) is 22.3 Å². The summed E-state index contributed by atoms with van der Waals surface area (Å²) in [5.41, 5.74) is 0.341. The van der Waals surface area contributed by atoms with Crippen LogP contribution in [-0.2, 0) is 16.4 Å². The first-order chi connectivity index (χ1) is 14.7. The quantitative estimate of drug-likeness (QED) is 0.463. The van der Waals surface area contributed by atoms with E-state index >= 15 is 0 Å². The highest BCUT2D eigenvalue weighted by Gasteiger charge is 2.24. The van der Waals surface area contributed by atoms with Gasteiger partial charge in [-0.05, 0) is 42.8 Å². The van der Waals surface area contributed by atoms with Gasteiger partial charge in [-0.25, -0.2) is 21.6 Å². The molecular formula is C23H16F3NO3S. The summed E-state index contributed by atoms with van der Waals surface area (Å²) in [7, 11) is -4.25. The Hall–Kier alpha value is -3.39. The van der Waals surface area contributed by atoms with Gasteiger partial charge in [0, 0.05) is 18.8 Å². The topological polar surface area (TPSA) is 56.1 Å². The molecule has 0 unspecified atom stereocenters. The van der Waals surface area contributed by atoms with Crippen molar-refractivity contribution in [2.45, 2.75) is 23.3 Å². The molecule has 1 heterocycles. The summed E-state index contributed by atoms with van der Waals surface area (Å²) in [6.45, 7) is 1.73. The molecule has 0 radical (unpaired) electrons. The molecule has 0 saturated heterocycles. The summed E-state index contributed by atoms with van der Waals surface area (Å²) < 4.78 is 69.1. The third-order valence-corrected chi connectivity index (χ3v) is 6.71. The zero-order valence-electron chi connectivity index (χ0n) is 16.3. The van der Waals surface area contributed by atoms with Crippen LogP contribution in [0.4, 0.5) is 13.2 Å². The molecule has 4 nitrogen and oxygen atoms in total. The number of fused-ring (bicyclic) bond motifs is 1. The van der Waals surface area contributed by atoms with Gasteiger partial charge in [0.15, 0.2) is 11.6 Å². The molecule has 0 amide bonds. The first-order valence-electron chi connectivity index (χ1n) is 9.25. The summed E-state index contributed by atoms with van der Waals surface area (Å²) in [6, 6.07) is 13.0. The highest BCUT2D eigenvalue weighted by atomic mass is 32.2. The van der Waals surface area contributed by atoms with Crippen LogP contribution < -0.4 is 5.43 Å². The van der Waals surface area contributed by atoms with E-state index in [9.17, 15) is 26.4 Å². The number of benzene rings is 3. The number of pyridine rings is 1. The molecule has 0 aliphatic carbocycles. The Kier molecular flexibility index (Phi) is 5.18. The second kappa shape index (κ2) is 7.70. The molecule has 0 aliphatic rings. The standard InChI is InChI=1S/C23H16F3NO3S/c1-14-5-7-17(8-6-14)31(29,30)22-13-27(12-15-3-2-4-16(24)9-15)21-11-20(26)19(25)10-18(21)23(22)28/h2-11,13H,12H2,1H3. The van der Waals surface area contributed by atoms with E-state index in [0.717, 1.165) is 17.8 Å². The second-order valence-corrected chi connectivity index (χ2v) is 9.10. The molecule has 8 heteroatoms. The van der Waals surface area contributed by atoms with Crippen LogP contribution in [-0.4, -0.2) is 13.0 Å². The van der Waals surface area contributed by atoms with Crippen molar-refractivity contribution in [1.29, 1.82) is 0 Å². The van der Waals surface area contributed by atoms with Gasteiger partial charge in [-0.3, -0.25) is 4.79 Å². The molecule has 4 aromatic rings. The van der Waals surface area contributed by atoms with Crippen molar-refractivity contribution in [2.24, 2.45) is 0 Å². The van der Waals surface area contributed by atoms with Crippen LogP contribution in [0, 0.1) is 24.4 Å². The molecule has 3 aromatic carbocycles. The van der Waals surface area contributed by atoms with Crippen LogP contribution in [0.2, 0.25) is 0 Å². The zero-order valence-corrected chi connectivity index (χ0v) is 17.1. The van der Waals surface area contributed by atoms with Gasteiger partial charge in [0.25, 0.3) is 0 Å². The van der Waals surface area contributed by atoms with Crippen LogP contribution in [0.5, 0.6) is 0 Å². The highest BCUT2D eigenvalue weighted by molar-refractivity contribution is 7.91. The van der Waals surface area contributed by atoms with E-state index in [1.165, 1.54) is 34.9 Å². The van der Waals surface area contributed by atoms with E-state index in [2.05, 4.69) is 0 Å². The molecule has 0 bridgehead atoms. The molecule has 0 saturated carbocycles. The fraction of sp³-hybridized carbons (Fsp3) is 0.0870. The van der Waals surface area contributed by atoms with Gasteiger partial charge in [0.2, 0.25) is 15.3 Å². The van der Waals surface area contributed by atoms with Gasteiger partial charge in [-0.2, -0.15) is 0 Å². The minimum Gasteiger partial charge on any atom is -0.341 e. The first kappa shape index (κ1) is 20.9. The number of halogens is 3. The third kappa shape index (κ3) is 3.86. The largest absolute Gasteiger partial charge is 0.341 e. The molecule has 4 rings (SSSR count). The molecule has 31 heavy (non-hydrogen) atoms. The van der Waals surface area contributed by atoms with Gasteiger partial charge in [-0.1, -0.05) is 29.8 Å². The Bertz CT molecular complexity index is 1480. The van der Waals surface area contributed by atoms with E-state index in [0.29, 0.717) is 11.6 Å². The summed E-state index contributed by atoms with van der Waals surface area (Å²) in [5.74, 6) is -2.96. The van der Waals surface area contributed by atoms with Gasteiger partial charge >= 0.3 is 0 Å². The number of nitrogens with zero attached hydrogens (tertiary/aromatic N) is 1. The van der Waals surface area contributed by atoms with Gasteiger partial charge < -0.3 is 4.57 Å². The summed E-state index contributed by atoms with van der Waals surface area (Å²) in [6.07, 6.45) is 1.09. The SMILES string of the molecule is Cc1ccc(S(=O)(=O)c2cn(Cc3cccc(F)c3)c3cc(F)c(F)cc3c2=O)cc1. The molecular weight excluding hydrogens is 427 g/mol. The molecule has 0 spiro atoms. The number of aryl methyl sites for hydroxylation is 1. The minimum atomic E-state index is -4.25. The lowest BCUT2D eigenvalue weighted by atomic mass is 10.1. The Balaban J connectivity index is 2.00. The lowest BCUT2D eigenvalue weighted by Crippen LogP contribution is -2.20. The third-order valence-electron chi connectivity index (χ3n) is 4.95. The summed E-state index contributed by atoms with van der Waals surface area (Å²) in [4.78, 5) is 12.3. The number of rotatable bonds is 4. The Morgan fingerprint density at radius 1 is 0.903 bits per heavy atom. The van der Waals surface area contributed by atoms with E-state index in [1.54, 1.807) is 25.1 Å². The highest BCUT2D eigenvalue weighted by Crippen LogP contribution is 2.24. The van der Waals surface area contributed by atoms with E-state index in [1.807, 2.05) is 0 Å². The maximum absolute atomic E-state index is 13.9. The molecule has 158 valence electrons. The fourth-order valence-corrected chi connectivity index (χ4v) is 4.73. The molecule has 0 aliphatic heterocycles. The predicted octanol–water partition coefficient (Wildman–Crippen LogP) is 4.61.